The highest BCUT2D eigenvalue weighted by Crippen LogP contribution is 2.12. The smallest absolute Gasteiger partial charge is 0.407 e. The van der Waals surface area contributed by atoms with Crippen molar-refractivity contribution in [3.05, 3.63) is 23.9 Å². The quantitative estimate of drug-likeness (QED) is 0.856. The van der Waals surface area contributed by atoms with Crippen LogP contribution >= 0.6 is 0 Å². The summed E-state index contributed by atoms with van der Waals surface area (Å²) in [5, 5.41) is 8.95. The number of nitrogens with one attached hydrogen (secondary N) is 1. The summed E-state index contributed by atoms with van der Waals surface area (Å²) < 4.78 is 28.3. The maximum atomic E-state index is 12.3. The molecule has 1 aromatic heterocycles. The lowest BCUT2D eigenvalue weighted by molar-refractivity contribution is 0.147. The van der Waals surface area contributed by atoms with E-state index in [-0.39, 0.29) is 25.5 Å². The Morgan fingerprint density at radius 1 is 1.29 bits per heavy atom. The molecule has 2 rings (SSSR count). The minimum absolute atomic E-state index is 0.132. The highest BCUT2D eigenvalue weighted by molar-refractivity contribution is 7.90. The zero-order valence-electron chi connectivity index (χ0n) is 11.7. The molecule has 0 radical (unpaired) electrons. The molecule has 0 aromatic carbocycles. The van der Waals surface area contributed by atoms with E-state index in [1.807, 2.05) is 0 Å². The normalized spacial score (nSPS) is 17.3. The summed E-state index contributed by atoms with van der Waals surface area (Å²) >= 11 is 0. The molecule has 0 spiro atoms. The lowest BCUT2D eigenvalue weighted by Crippen LogP contribution is -2.39. The van der Waals surface area contributed by atoms with E-state index in [1.165, 1.54) is 9.21 Å². The van der Waals surface area contributed by atoms with Gasteiger partial charge in [-0.15, -0.1) is 0 Å². The van der Waals surface area contributed by atoms with Gasteiger partial charge < -0.3 is 10.0 Å². The van der Waals surface area contributed by atoms with Crippen LogP contribution in [0.25, 0.3) is 0 Å². The molecule has 0 unspecified atom stereocenters. The maximum Gasteiger partial charge on any atom is 0.407 e. The Hall–Kier alpha value is -1.87. The fourth-order valence-corrected chi connectivity index (χ4v) is 3.32. The van der Waals surface area contributed by atoms with E-state index >= 15 is 0 Å². The number of carboxylic acid groups (broad SMARTS) is 1. The molecular weight excluding hydrogens is 296 g/mol. The summed E-state index contributed by atoms with van der Waals surface area (Å²) in [6.45, 7) is 2.69. The second-order valence-corrected chi connectivity index (χ2v) is 6.46. The molecule has 0 aliphatic carbocycles. The molecule has 116 valence electrons. The molecule has 21 heavy (non-hydrogen) atoms. The minimum Gasteiger partial charge on any atom is -0.465 e. The molecule has 1 amide bonds. The van der Waals surface area contributed by atoms with Crippen molar-refractivity contribution >= 4 is 22.1 Å². The van der Waals surface area contributed by atoms with Crippen LogP contribution in [-0.2, 0) is 10.2 Å². The van der Waals surface area contributed by atoms with E-state index in [9.17, 15) is 13.2 Å². The van der Waals surface area contributed by atoms with Crippen LogP contribution in [0, 0.1) is 6.92 Å². The fraction of sp³-hybridized carbons (Fsp3) is 0.500. The summed E-state index contributed by atoms with van der Waals surface area (Å²) in [7, 11) is -3.72. The van der Waals surface area contributed by atoms with Crippen LogP contribution in [0.4, 0.5) is 10.6 Å². The lowest BCUT2D eigenvalue weighted by Gasteiger charge is -2.20. The van der Waals surface area contributed by atoms with Crippen LogP contribution < -0.4 is 4.72 Å². The number of pyridine rings is 1. The Labute approximate surface area is 123 Å². The third kappa shape index (κ3) is 4.05. The largest absolute Gasteiger partial charge is 0.465 e. The van der Waals surface area contributed by atoms with Crippen molar-refractivity contribution < 1.29 is 18.3 Å². The van der Waals surface area contributed by atoms with Crippen molar-refractivity contribution in [1.82, 2.24) is 14.2 Å². The number of aryl methyl sites for hydroxylation is 1. The third-order valence-electron chi connectivity index (χ3n) is 3.19. The highest BCUT2D eigenvalue weighted by atomic mass is 32.2. The van der Waals surface area contributed by atoms with Gasteiger partial charge in [-0.2, -0.15) is 12.7 Å². The maximum absolute atomic E-state index is 12.3. The predicted octanol–water partition coefficient (Wildman–Crippen LogP) is 0.732. The van der Waals surface area contributed by atoms with Crippen molar-refractivity contribution in [3.63, 3.8) is 0 Å². The Bertz CT molecular complexity index is 619. The summed E-state index contributed by atoms with van der Waals surface area (Å²) in [5.74, 6) is 0.259. The predicted molar refractivity (Wildman–Crippen MR) is 77.3 cm³/mol. The fourth-order valence-electron chi connectivity index (χ4n) is 2.12. The van der Waals surface area contributed by atoms with Gasteiger partial charge in [0, 0.05) is 31.9 Å². The Kier molecular flexibility index (Phi) is 4.63. The van der Waals surface area contributed by atoms with Crippen molar-refractivity contribution in [2.75, 3.05) is 30.9 Å². The van der Waals surface area contributed by atoms with E-state index < -0.39 is 16.3 Å². The van der Waals surface area contributed by atoms with Gasteiger partial charge in [0.25, 0.3) is 0 Å². The number of carbonyl (C=O) groups is 1. The van der Waals surface area contributed by atoms with Gasteiger partial charge in [-0.25, -0.2) is 9.78 Å². The first-order chi connectivity index (χ1) is 9.88. The molecule has 9 heteroatoms. The van der Waals surface area contributed by atoms with Crippen molar-refractivity contribution in [3.8, 4) is 0 Å². The summed E-state index contributed by atoms with van der Waals surface area (Å²) in [6.07, 6.45) is -0.559. The van der Waals surface area contributed by atoms with E-state index in [1.54, 1.807) is 25.1 Å². The average Bonchev–Trinajstić information content (AvgIpc) is 2.64. The molecule has 1 saturated heterocycles. The molecule has 2 heterocycles. The van der Waals surface area contributed by atoms with Gasteiger partial charge in [0.1, 0.15) is 5.82 Å². The van der Waals surface area contributed by atoms with Gasteiger partial charge in [0.05, 0.1) is 0 Å². The molecule has 0 bridgehead atoms. The van der Waals surface area contributed by atoms with Crippen LogP contribution in [0.15, 0.2) is 18.2 Å². The van der Waals surface area contributed by atoms with Gasteiger partial charge in [0.2, 0.25) is 0 Å². The molecular formula is C12H18N4O4S. The van der Waals surface area contributed by atoms with Crippen LogP contribution in [0.1, 0.15) is 12.1 Å². The molecule has 1 aliphatic rings. The molecule has 1 fully saturated rings. The SMILES string of the molecule is Cc1cccc(NS(=O)(=O)N2CCCN(C(=O)O)CC2)n1. The number of aromatic nitrogens is 1. The second kappa shape index (κ2) is 6.27. The Morgan fingerprint density at radius 2 is 2.05 bits per heavy atom. The first-order valence-corrected chi connectivity index (χ1v) is 8.02. The monoisotopic (exact) mass is 314 g/mol. The third-order valence-corrected chi connectivity index (χ3v) is 4.70. The first-order valence-electron chi connectivity index (χ1n) is 6.58. The molecule has 1 aliphatic heterocycles. The molecule has 8 nitrogen and oxygen atoms in total. The number of hydrogen-bond acceptors (Lipinski definition) is 4. The topological polar surface area (TPSA) is 103 Å². The van der Waals surface area contributed by atoms with E-state index in [0.29, 0.717) is 18.7 Å². The van der Waals surface area contributed by atoms with Gasteiger partial charge in [0.15, 0.2) is 0 Å². The van der Waals surface area contributed by atoms with Crippen molar-refractivity contribution in [1.29, 1.82) is 0 Å². The minimum atomic E-state index is -3.72. The number of anilines is 1. The van der Waals surface area contributed by atoms with Crippen LogP contribution in [0.5, 0.6) is 0 Å². The van der Waals surface area contributed by atoms with E-state index in [2.05, 4.69) is 9.71 Å². The zero-order chi connectivity index (χ0) is 15.5. The van der Waals surface area contributed by atoms with Gasteiger partial charge in [-0.05, 0) is 25.5 Å². The lowest BCUT2D eigenvalue weighted by atomic mass is 10.4. The highest BCUT2D eigenvalue weighted by Gasteiger charge is 2.26. The van der Waals surface area contributed by atoms with Gasteiger partial charge in [-0.3, -0.25) is 4.72 Å². The molecule has 1 aromatic rings. The zero-order valence-corrected chi connectivity index (χ0v) is 12.5. The molecule has 2 N–H and O–H groups in total. The second-order valence-electron chi connectivity index (χ2n) is 4.79. The van der Waals surface area contributed by atoms with Gasteiger partial charge >= 0.3 is 16.3 Å². The van der Waals surface area contributed by atoms with Crippen molar-refractivity contribution in [2.45, 2.75) is 13.3 Å². The summed E-state index contributed by atoms with van der Waals surface area (Å²) in [5.41, 5.74) is 0.711. The van der Waals surface area contributed by atoms with Crippen molar-refractivity contribution in [2.24, 2.45) is 0 Å². The Morgan fingerprint density at radius 3 is 2.71 bits per heavy atom. The average molecular weight is 314 g/mol. The Balaban J connectivity index is 2.07. The van der Waals surface area contributed by atoms with E-state index in [0.717, 1.165) is 0 Å². The standard InChI is InChI=1S/C12H18N4O4S/c1-10-4-2-5-11(13-10)14-21(19,20)16-7-3-6-15(8-9-16)12(17)18/h2,4-5H,3,6-9H2,1H3,(H,13,14)(H,17,18). The summed E-state index contributed by atoms with van der Waals surface area (Å²) in [4.78, 5) is 16.2. The van der Waals surface area contributed by atoms with E-state index in [4.69, 9.17) is 5.11 Å². The van der Waals surface area contributed by atoms with Gasteiger partial charge in [-0.1, -0.05) is 6.07 Å². The number of rotatable bonds is 3. The number of amides is 1. The van der Waals surface area contributed by atoms with Crippen LogP contribution in [-0.4, -0.2) is 60.0 Å². The molecule has 0 saturated carbocycles. The van der Waals surface area contributed by atoms with Crippen LogP contribution in [0.2, 0.25) is 0 Å². The number of hydrogen-bond donors (Lipinski definition) is 2. The van der Waals surface area contributed by atoms with Crippen LogP contribution in [0.3, 0.4) is 0 Å². The summed E-state index contributed by atoms with van der Waals surface area (Å²) in [6, 6.07) is 5.06. The molecule has 0 atom stereocenters. The first kappa shape index (κ1) is 15.5. The number of nitrogens with zero attached hydrogens (tertiary/aromatic N) is 3.